The fourth-order valence-electron chi connectivity index (χ4n) is 4.16. The molecule has 184 valence electrons. The first-order valence-electron chi connectivity index (χ1n) is 10.9. The number of hydrogen-bond acceptors (Lipinski definition) is 9. The Morgan fingerprint density at radius 1 is 1.18 bits per heavy atom. The first-order valence-corrected chi connectivity index (χ1v) is 10.9. The number of alkyl halides is 3. The van der Waals surface area contributed by atoms with Crippen LogP contribution in [-0.2, 0) is 6.42 Å². The van der Waals surface area contributed by atoms with Crippen molar-refractivity contribution in [1.82, 2.24) is 15.0 Å². The van der Waals surface area contributed by atoms with Gasteiger partial charge in [-0.25, -0.2) is 4.98 Å². The highest BCUT2D eigenvalue weighted by molar-refractivity contribution is 5.86. The molecule has 9 nitrogen and oxygen atoms in total. The summed E-state index contributed by atoms with van der Waals surface area (Å²) in [5.74, 6) is -0.292. The monoisotopic (exact) mass is 481 g/mol. The maximum Gasteiger partial charge on any atom is 0.405 e. The minimum atomic E-state index is -4.47. The second-order valence-electron chi connectivity index (χ2n) is 8.41. The van der Waals surface area contributed by atoms with E-state index in [1.54, 1.807) is 19.2 Å². The maximum atomic E-state index is 12.7. The van der Waals surface area contributed by atoms with Crippen LogP contribution in [0.25, 0.3) is 22.3 Å². The van der Waals surface area contributed by atoms with E-state index in [-0.39, 0.29) is 24.8 Å². The normalized spacial score (nSPS) is 22.9. The molecule has 0 spiro atoms. The Balaban J connectivity index is 1.75. The van der Waals surface area contributed by atoms with Gasteiger partial charge in [0.15, 0.2) is 5.58 Å². The lowest BCUT2D eigenvalue weighted by Crippen LogP contribution is -2.36. The van der Waals surface area contributed by atoms with Crippen LogP contribution < -0.4 is 10.6 Å². The van der Waals surface area contributed by atoms with E-state index in [4.69, 9.17) is 4.42 Å². The molecule has 0 saturated heterocycles. The van der Waals surface area contributed by atoms with Crippen molar-refractivity contribution in [3.63, 3.8) is 0 Å². The fraction of sp³-hybridized carbons (Fsp3) is 0.500. The topological polar surface area (TPSA) is 137 Å². The number of pyridine rings is 1. The minimum Gasteiger partial charge on any atom is -0.454 e. The standard InChI is InChI=1S/C22H26F3N5O4/c1-3-13-4-11-6-15(34-16(11)7-26-13)17-10(2)28-21(27-9-22(23,24)25)30-20(17)29-14-5-12(8-31)18(32)19(14)33/h4,6-7,12,14,18-19,31-33H,3,5,8-9H2,1-2H3,(H2,27,28,29,30). The highest BCUT2D eigenvalue weighted by Gasteiger charge is 2.41. The number of rotatable bonds is 7. The smallest absolute Gasteiger partial charge is 0.405 e. The highest BCUT2D eigenvalue weighted by Crippen LogP contribution is 2.37. The third-order valence-electron chi connectivity index (χ3n) is 5.96. The zero-order valence-corrected chi connectivity index (χ0v) is 18.6. The van der Waals surface area contributed by atoms with Gasteiger partial charge in [-0.15, -0.1) is 0 Å². The largest absolute Gasteiger partial charge is 0.454 e. The van der Waals surface area contributed by atoms with Crippen molar-refractivity contribution in [2.45, 2.75) is 51.1 Å². The van der Waals surface area contributed by atoms with Crippen LogP contribution in [0.1, 0.15) is 24.7 Å². The van der Waals surface area contributed by atoms with Crippen molar-refractivity contribution in [3.05, 3.63) is 29.7 Å². The summed E-state index contributed by atoms with van der Waals surface area (Å²) in [6.45, 7) is 1.95. The molecule has 1 aliphatic carbocycles. The molecule has 1 saturated carbocycles. The summed E-state index contributed by atoms with van der Waals surface area (Å²) in [5.41, 5.74) is 2.14. The van der Waals surface area contributed by atoms with Crippen molar-refractivity contribution in [2.24, 2.45) is 5.92 Å². The molecule has 3 aromatic heterocycles. The molecule has 12 heteroatoms. The van der Waals surface area contributed by atoms with Crippen LogP contribution in [-0.4, -0.2) is 67.8 Å². The number of nitrogens with one attached hydrogen (secondary N) is 2. The Hall–Kier alpha value is -2.96. The van der Waals surface area contributed by atoms with E-state index in [2.05, 4.69) is 25.6 Å². The number of aliphatic hydroxyl groups excluding tert-OH is 3. The molecular weight excluding hydrogens is 455 g/mol. The molecule has 0 amide bonds. The van der Waals surface area contributed by atoms with E-state index in [0.717, 1.165) is 17.5 Å². The predicted octanol–water partition coefficient (Wildman–Crippen LogP) is 2.64. The lowest BCUT2D eigenvalue weighted by atomic mass is 10.1. The molecule has 3 heterocycles. The van der Waals surface area contributed by atoms with Gasteiger partial charge in [0.25, 0.3) is 0 Å². The van der Waals surface area contributed by atoms with Crippen LogP contribution >= 0.6 is 0 Å². The Kier molecular flexibility index (Phi) is 6.65. The van der Waals surface area contributed by atoms with Crippen molar-refractivity contribution >= 4 is 22.7 Å². The maximum absolute atomic E-state index is 12.7. The quantitative estimate of drug-likeness (QED) is 0.345. The van der Waals surface area contributed by atoms with Gasteiger partial charge in [0.1, 0.15) is 24.2 Å². The zero-order valence-electron chi connectivity index (χ0n) is 18.6. The van der Waals surface area contributed by atoms with Gasteiger partial charge < -0.3 is 30.4 Å². The third-order valence-corrected chi connectivity index (χ3v) is 5.96. The molecule has 0 radical (unpaired) electrons. The van der Waals surface area contributed by atoms with Gasteiger partial charge in [0, 0.05) is 23.6 Å². The number of hydrogen-bond donors (Lipinski definition) is 5. The Labute approximate surface area is 193 Å². The van der Waals surface area contributed by atoms with Gasteiger partial charge in [-0.1, -0.05) is 6.92 Å². The SMILES string of the molecule is CCc1cc2cc(-c3c(C)nc(NCC(F)(F)F)nc3NC3CC(CO)C(O)C3O)oc2cn1. The first-order chi connectivity index (χ1) is 16.1. The number of aromatic nitrogens is 3. The molecule has 4 unspecified atom stereocenters. The van der Waals surface area contributed by atoms with Gasteiger partial charge in [-0.3, -0.25) is 4.98 Å². The van der Waals surface area contributed by atoms with Gasteiger partial charge in [0.2, 0.25) is 5.95 Å². The van der Waals surface area contributed by atoms with Crippen LogP contribution in [0.4, 0.5) is 24.9 Å². The molecule has 0 aliphatic heterocycles. The number of fused-ring (bicyclic) bond motifs is 1. The molecule has 1 fully saturated rings. The van der Waals surface area contributed by atoms with E-state index in [1.807, 2.05) is 13.0 Å². The molecule has 0 aromatic carbocycles. The van der Waals surface area contributed by atoms with Crippen LogP contribution in [0, 0.1) is 12.8 Å². The highest BCUT2D eigenvalue weighted by atomic mass is 19.4. The predicted molar refractivity (Wildman–Crippen MR) is 118 cm³/mol. The Bertz CT molecular complexity index is 1170. The van der Waals surface area contributed by atoms with Crippen molar-refractivity contribution in [3.8, 4) is 11.3 Å². The summed E-state index contributed by atoms with van der Waals surface area (Å²) >= 11 is 0. The van der Waals surface area contributed by atoms with Gasteiger partial charge in [-0.05, 0) is 31.9 Å². The number of aryl methyl sites for hydroxylation is 2. The number of anilines is 2. The first kappa shape index (κ1) is 24.2. The number of nitrogens with zero attached hydrogens (tertiary/aromatic N) is 3. The van der Waals surface area contributed by atoms with Gasteiger partial charge >= 0.3 is 6.18 Å². The minimum absolute atomic E-state index is 0.134. The molecule has 4 atom stereocenters. The van der Waals surface area contributed by atoms with Crippen molar-refractivity contribution < 1.29 is 32.9 Å². The average Bonchev–Trinajstić information content (AvgIpc) is 3.32. The molecule has 3 aromatic rings. The van der Waals surface area contributed by atoms with E-state index >= 15 is 0 Å². The Morgan fingerprint density at radius 3 is 2.59 bits per heavy atom. The van der Waals surface area contributed by atoms with Crippen LogP contribution in [0.3, 0.4) is 0 Å². The average molecular weight is 481 g/mol. The lowest BCUT2D eigenvalue weighted by molar-refractivity contribution is -0.115. The van der Waals surface area contributed by atoms with E-state index in [9.17, 15) is 28.5 Å². The molecule has 0 bridgehead atoms. The summed E-state index contributed by atoms with van der Waals surface area (Å²) in [5, 5.41) is 36.1. The number of halogens is 3. The lowest BCUT2D eigenvalue weighted by Gasteiger charge is -2.21. The zero-order chi connectivity index (χ0) is 24.6. The number of furan rings is 1. The molecule has 4 rings (SSSR count). The molecular formula is C22H26F3N5O4. The van der Waals surface area contributed by atoms with Gasteiger partial charge in [0.05, 0.1) is 29.6 Å². The second-order valence-corrected chi connectivity index (χ2v) is 8.41. The summed E-state index contributed by atoms with van der Waals surface area (Å²) < 4.78 is 44.1. The van der Waals surface area contributed by atoms with Gasteiger partial charge in [-0.2, -0.15) is 18.2 Å². The van der Waals surface area contributed by atoms with Crippen LogP contribution in [0.15, 0.2) is 22.7 Å². The molecule has 34 heavy (non-hydrogen) atoms. The summed E-state index contributed by atoms with van der Waals surface area (Å²) in [6.07, 6.45) is -4.26. The van der Waals surface area contributed by atoms with Crippen LogP contribution in [0.5, 0.6) is 0 Å². The molecule has 5 N–H and O–H groups in total. The summed E-state index contributed by atoms with van der Waals surface area (Å²) in [6, 6.07) is 2.95. The van der Waals surface area contributed by atoms with Crippen LogP contribution in [0.2, 0.25) is 0 Å². The number of aliphatic hydroxyl groups is 3. The van der Waals surface area contributed by atoms with Crippen molar-refractivity contribution in [2.75, 3.05) is 23.8 Å². The van der Waals surface area contributed by atoms with E-state index in [0.29, 0.717) is 22.6 Å². The molecule has 1 aliphatic rings. The summed E-state index contributed by atoms with van der Waals surface area (Å²) in [4.78, 5) is 12.7. The van der Waals surface area contributed by atoms with E-state index in [1.165, 1.54) is 0 Å². The summed E-state index contributed by atoms with van der Waals surface area (Å²) in [7, 11) is 0. The second kappa shape index (κ2) is 9.35. The third kappa shape index (κ3) is 4.93. The van der Waals surface area contributed by atoms with Crippen molar-refractivity contribution in [1.29, 1.82) is 0 Å². The fourth-order valence-corrected chi connectivity index (χ4v) is 4.16. The van der Waals surface area contributed by atoms with E-state index < -0.39 is 36.9 Å². The Morgan fingerprint density at radius 2 is 1.94 bits per heavy atom.